The molecular formula is C23H30N2O3. The molecule has 0 saturated carbocycles. The van der Waals surface area contributed by atoms with Crippen molar-refractivity contribution in [1.82, 2.24) is 9.80 Å². The number of benzene rings is 2. The van der Waals surface area contributed by atoms with E-state index in [0.717, 1.165) is 38.9 Å². The summed E-state index contributed by atoms with van der Waals surface area (Å²) in [7, 11) is 5.09. The number of nitrogens with zero attached hydrogens (tertiary/aromatic N) is 2. The lowest BCUT2D eigenvalue weighted by Gasteiger charge is -2.37. The Balaban J connectivity index is 1.61. The van der Waals surface area contributed by atoms with Crippen LogP contribution in [0.1, 0.15) is 28.8 Å². The first-order chi connectivity index (χ1) is 13.6. The van der Waals surface area contributed by atoms with Gasteiger partial charge in [0.15, 0.2) is 11.5 Å². The molecule has 2 aromatic rings. The molecule has 1 amide bonds. The third-order valence-electron chi connectivity index (χ3n) is 5.54. The Labute approximate surface area is 167 Å². The third kappa shape index (κ3) is 4.84. The van der Waals surface area contributed by atoms with E-state index in [4.69, 9.17) is 9.47 Å². The van der Waals surface area contributed by atoms with Crippen LogP contribution in [-0.4, -0.2) is 62.7 Å². The Morgan fingerprint density at radius 2 is 1.86 bits per heavy atom. The molecule has 1 fully saturated rings. The van der Waals surface area contributed by atoms with E-state index in [-0.39, 0.29) is 11.9 Å². The normalized spacial score (nSPS) is 17.2. The molecule has 0 unspecified atom stereocenters. The molecule has 0 bridgehead atoms. The number of piperidine rings is 1. The van der Waals surface area contributed by atoms with Crippen molar-refractivity contribution in [1.29, 1.82) is 0 Å². The van der Waals surface area contributed by atoms with Gasteiger partial charge in [-0.25, -0.2) is 0 Å². The molecule has 0 N–H and O–H groups in total. The molecule has 2 aromatic carbocycles. The van der Waals surface area contributed by atoms with Crippen LogP contribution < -0.4 is 9.47 Å². The van der Waals surface area contributed by atoms with Crippen LogP contribution in [0.3, 0.4) is 0 Å². The van der Waals surface area contributed by atoms with Crippen LogP contribution in [0, 0.1) is 0 Å². The number of likely N-dealkylation sites (tertiary alicyclic amines) is 1. The highest BCUT2D eigenvalue weighted by Gasteiger charge is 2.27. The first-order valence-corrected chi connectivity index (χ1v) is 9.88. The molecule has 0 aromatic heterocycles. The molecule has 0 aliphatic carbocycles. The molecule has 3 rings (SSSR count). The molecule has 1 aliphatic heterocycles. The van der Waals surface area contributed by atoms with Gasteiger partial charge in [-0.15, -0.1) is 0 Å². The van der Waals surface area contributed by atoms with Gasteiger partial charge in [0.2, 0.25) is 0 Å². The minimum Gasteiger partial charge on any atom is -0.493 e. The van der Waals surface area contributed by atoms with E-state index in [0.29, 0.717) is 17.1 Å². The highest BCUT2D eigenvalue weighted by atomic mass is 16.5. The van der Waals surface area contributed by atoms with Crippen LogP contribution in [0.2, 0.25) is 0 Å². The van der Waals surface area contributed by atoms with Gasteiger partial charge in [0.1, 0.15) is 0 Å². The number of likely N-dealkylation sites (N-methyl/N-ethyl adjacent to an activating group) is 1. The molecule has 0 spiro atoms. The van der Waals surface area contributed by atoms with Crippen LogP contribution in [0.25, 0.3) is 0 Å². The summed E-state index contributed by atoms with van der Waals surface area (Å²) in [6, 6.07) is 16.1. The summed E-state index contributed by atoms with van der Waals surface area (Å²) >= 11 is 0. The fourth-order valence-corrected chi connectivity index (χ4v) is 3.82. The number of rotatable bonds is 7. The number of carbonyl (C=O) groups is 1. The van der Waals surface area contributed by atoms with E-state index in [2.05, 4.69) is 35.2 Å². The number of hydrogen-bond acceptors (Lipinski definition) is 4. The lowest BCUT2D eigenvalue weighted by atomic mass is 10.0. The molecule has 150 valence electrons. The minimum atomic E-state index is 0.0239. The van der Waals surface area contributed by atoms with Crippen molar-refractivity contribution in [3.63, 3.8) is 0 Å². The van der Waals surface area contributed by atoms with Gasteiger partial charge in [-0.2, -0.15) is 0 Å². The lowest BCUT2D eigenvalue weighted by Crippen LogP contribution is -2.49. The fourth-order valence-electron chi connectivity index (χ4n) is 3.82. The number of ether oxygens (including phenoxy) is 2. The zero-order chi connectivity index (χ0) is 19.9. The maximum Gasteiger partial charge on any atom is 0.254 e. The largest absolute Gasteiger partial charge is 0.493 e. The Bertz CT molecular complexity index is 779. The van der Waals surface area contributed by atoms with Gasteiger partial charge in [0, 0.05) is 31.7 Å². The topological polar surface area (TPSA) is 42.0 Å². The summed E-state index contributed by atoms with van der Waals surface area (Å²) in [5.74, 6) is 1.23. The van der Waals surface area contributed by atoms with E-state index < -0.39 is 0 Å². The maximum absolute atomic E-state index is 13.0. The van der Waals surface area contributed by atoms with Gasteiger partial charge in [-0.05, 0) is 49.6 Å². The predicted octanol–water partition coefficient (Wildman–Crippen LogP) is 3.48. The quantitative estimate of drug-likeness (QED) is 0.735. The Morgan fingerprint density at radius 1 is 1.11 bits per heavy atom. The third-order valence-corrected chi connectivity index (χ3v) is 5.54. The standard InChI is InChI=1S/C23H30N2O3/c1-24(23(26)19-11-12-21(27-2)22(16-19)28-3)20-10-7-14-25(17-20)15-13-18-8-5-4-6-9-18/h4-6,8-9,11-12,16,20H,7,10,13-15,17H2,1-3H3/t20-/m1/s1. The second-order valence-electron chi connectivity index (χ2n) is 7.32. The summed E-state index contributed by atoms with van der Waals surface area (Å²) in [4.78, 5) is 17.4. The van der Waals surface area contributed by atoms with E-state index in [1.165, 1.54) is 5.56 Å². The smallest absolute Gasteiger partial charge is 0.254 e. The van der Waals surface area contributed by atoms with E-state index in [1.807, 2.05) is 11.9 Å². The SMILES string of the molecule is COc1ccc(C(=O)N(C)[C@@H]2CCCN(CCc3ccccc3)C2)cc1OC. The molecule has 1 saturated heterocycles. The Morgan fingerprint density at radius 3 is 2.57 bits per heavy atom. The lowest BCUT2D eigenvalue weighted by molar-refractivity contribution is 0.0619. The highest BCUT2D eigenvalue weighted by Crippen LogP contribution is 2.28. The van der Waals surface area contributed by atoms with Crippen molar-refractivity contribution in [2.75, 3.05) is 40.9 Å². The molecule has 5 heteroatoms. The van der Waals surface area contributed by atoms with Gasteiger partial charge < -0.3 is 19.3 Å². The minimum absolute atomic E-state index is 0.0239. The molecule has 1 atom stereocenters. The van der Waals surface area contributed by atoms with E-state index in [1.54, 1.807) is 32.4 Å². The van der Waals surface area contributed by atoms with Gasteiger partial charge in [-0.3, -0.25) is 4.79 Å². The predicted molar refractivity (Wildman–Crippen MR) is 111 cm³/mol. The summed E-state index contributed by atoms with van der Waals surface area (Å²) in [6.45, 7) is 3.04. The monoisotopic (exact) mass is 382 g/mol. The van der Waals surface area contributed by atoms with E-state index in [9.17, 15) is 4.79 Å². The number of methoxy groups -OCH3 is 2. The van der Waals surface area contributed by atoms with Crippen molar-refractivity contribution >= 4 is 5.91 Å². The summed E-state index contributed by atoms with van der Waals surface area (Å²) in [5, 5.41) is 0. The van der Waals surface area contributed by atoms with Crippen LogP contribution in [-0.2, 0) is 6.42 Å². The van der Waals surface area contributed by atoms with Gasteiger partial charge in [0.25, 0.3) is 5.91 Å². The average Bonchev–Trinajstić information content (AvgIpc) is 2.77. The van der Waals surface area contributed by atoms with Crippen molar-refractivity contribution in [2.45, 2.75) is 25.3 Å². The zero-order valence-electron chi connectivity index (χ0n) is 17.1. The zero-order valence-corrected chi connectivity index (χ0v) is 17.1. The van der Waals surface area contributed by atoms with Crippen LogP contribution >= 0.6 is 0 Å². The molecule has 1 heterocycles. The van der Waals surface area contributed by atoms with Crippen LogP contribution in [0.5, 0.6) is 11.5 Å². The van der Waals surface area contributed by atoms with Gasteiger partial charge >= 0.3 is 0 Å². The first-order valence-electron chi connectivity index (χ1n) is 9.88. The van der Waals surface area contributed by atoms with Crippen molar-refractivity contribution < 1.29 is 14.3 Å². The molecular weight excluding hydrogens is 352 g/mol. The van der Waals surface area contributed by atoms with Crippen molar-refractivity contribution in [3.8, 4) is 11.5 Å². The Hall–Kier alpha value is -2.53. The fraction of sp³-hybridized carbons (Fsp3) is 0.435. The second-order valence-corrected chi connectivity index (χ2v) is 7.32. The Kier molecular flexibility index (Phi) is 6.93. The summed E-state index contributed by atoms with van der Waals surface area (Å²) in [6.07, 6.45) is 3.20. The average molecular weight is 383 g/mol. The van der Waals surface area contributed by atoms with Crippen LogP contribution in [0.15, 0.2) is 48.5 Å². The van der Waals surface area contributed by atoms with E-state index >= 15 is 0 Å². The number of carbonyl (C=O) groups excluding carboxylic acids is 1. The molecule has 5 nitrogen and oxygen atoms in total. The van der Waals surface area contributed by atoms with Crippen molar-refractivity contribution in [2.24, 2.45) is 0 Å². The van der Waals surface area contributed by atoms with Gasteiger partial charge in [-0.1, -0.05) is 30.3 Å². The number of amides is 1. The summed E-state index contributed by atoms with van der Waals surface area (Å²) in [5.41, 5.74) is 1.99. The molecule has 28 heavy (non-hydrogen) atoms. The highest BCUT2D eigenvalue weighted by molar-refractivity contribution is 5.95. The molecule has 0 radical (unpaired) electrons. The maximum atomic E-state index is 13.0. The van der Waals surface area contributed by atoms with Crippen LogP contribution in [0.4, 0.5) is 0 Å². The van der Waals surface area contributed by atoms with Crippen molar-refractivity contribution in [3.05, 3.63) is 59.7 Å². The summed E-state index contributed by atoms with van der Waals surface area (Å²) < 4.78 is 10.6. The number of hydrogen-bond donors (Lipinski definition) is 0. The van der Waals surface area contributed by atoms with Gasteiger partial charge in [0.05, 0.1) is 14.2 Å². The molecule has 1 aliphatic rings. The first kappa shape index (κ1) is 20.2. The second kappa shape index (κ2) is 9.60.